The average Bonchev–Trinajstić information content (AvgIpc) is 2.73. The second kappa shape index (κ2) is 6.92. The third kappa shape index (κ3) is 4.34. The fourth-order valence-corrected chi connectivity index (χ4v) is 3.13. The van der Waals surface area contributed by atoms with Gasteiger partial charge in [-0.1, -0.05) is 19.6 Å². The highest BCUT2D eigenvalue weighted by Gasteiger charge is 2.50. The second-order valence-corrected chi connectivity index (χ2v) is 13.1. The first-order valence-electron chi connectivity index (χ1n) is 8.16. The maximum atomic E-state index is 12.3. The summed E-state index contributed by atoms with van der Waals surface area (Å²) in [5.74, 6) is -1.87. The number of nitrogens with one attached hydrogen (secondary N) is 1. The predicted molar refractivity (Wildman–Crippen MR) is 86.4 cm³/mol. The zero-order valence-electron chi connectivity index (χ0n) is 14.3. The summed E-state index contributed by atoms with van der Waals surface area (Å²) >= 11 is 0. The molecule has 1 N–H and O–H groups in total. The van der Waals surface area contributed by atoms with Gasteiger partial charge in [-0.3, -0.25) is 9.59 Å². The number of carbonyl (C=O) groups is 4. The number of imide groups is 1. The Morgan fingerprint density at radius 2 is 1.75 bits per heavy atom. The zero-order chi connectivity index (χ0) is 18.0. The molecule has 1 saturated heterocycles. The lowest BCUT2D eigenvalue weighted by Crippen LogP contribution is -2.61. The Morgan fingerprint density at radius 3 is 2.21 bits per heavy atom. The van der Waals surface area contributed by atoms with E-state index in [1.54, 1.807) is 0 Å². The number of hydrogen-bond donors (Lipinski definition) is 1. The van der Waals surface area contributed by atoms with Gasteiger partial charge in [-0.25, -0.2) is 9.59 Å². The molecule has 0 bridgehead atoms. The minimum atomic E-state index is -1.32. The van der Waals surface area contributed by atoms with E-state index in [4.69, 9.17) is 9.57 Å². The first-order valence-corrected chi connectivity index (χ1v) is 11.9. The summed E-state index contributed by atoms with van der Waals surface area (Å²) < 4.78 is 5.14. The number of carbonyl (C=O) groups excluding carboxylic acids is 4. The Hall–Kier alpha value is -1.90. The van der Waals surface area contributed by atoms with E-state index >= 15 is 0 Å². The van der Waals surface area contributed by atoms with Crippen molar-refractivity contribution in [3.05, 3.63) is 0 Å². The van der Waals surface area contributed by atoms with Crippen LogP contribution in [0, 0.1) is 0 Å². The lowest BCUT2D eigenvalue weighted by molar-refractivity contribution is -0.204. The molecule has 1 aliphatic heterocycles. The van der Waals surface area contributed by atoms with E-state index < -0.39 is 37.5 Å². The van der Waals surface area contributed by atoms with Gasteiger partial charge in [0.1, 0.15) is 5.54 Å². The van der Waals surface area contributed by atoms with Crippen molar-refractivity contribution in [3.8, 4) is 0 Å². The Kier molecular flexibility index (Phi) is 5.31. The van der Waals surface area contributed by atoms with Gasteiger partial charge in [0.15, 0.2) is 0 Å². The van der Waals surface area contributed by atoms with Crippen LogP contribution >= 0.6 is 0 Å². The lowest BCUT2D eigenvalue weighted by Gasteiger charge is -2.39. The Bertz CT molecular complexity index is 537. The highest BCUT2D eigenvalue weighted by molar-refractivity contribution is 6.76. The number of alkyl carbamates (subject to hydrolysis) is 1. The molecule has 9 heteroatoms. The highest BCUT2D eigenvalue weighted by atomic mass is 28.3. The summed E-state index contributed by atoms with van der Waals surface area (Å²) in [7, 11) is -1.32. The van der Waals surface area contributed by atoms with Crippen LogP contribution < -0.4 is 5.32 Å². The molecule has 2 fully saturated rings. The summed E-state index contributed by atoms with van der Waals surface area (Å²) in [5.41, 5.74) is -1.21. The van der Waals surface area contributed by atoms with E-state index in [-0.39, 0.29) is 12.8 Å². The van der Waals surface area contributed by atoms with Crippen LogP contribution in [-0.2, 0) is 24.0 Å². The Morgan fingerprint density at radius 1 is 1.17 bits per heavy atom. The number of rotatable bonds is 6. The molecule has 2 aliphatic rings. The van der Waals surface area contributed by atoms with E-state index in [1.807, 2.05) is 0 Å². The molecule has 134 valence electrons. The van der Waals surface area contributed by atoms with Crippen molar-refractivity contribution in [2.45, 2.75) is 63.3 Å². The van der Waals surface area contributed by atoms with E-state index in [9.17, 15) is 19.2 Å². The molecule has 0 spiro atoms. The summed E-state index contributed by atoms with van der Waals surface area (Å²) in [6, 6.07) is 0.828. The van der Waals surface area contributed by atoms with E-state index in [1.165, 1.54) is 0 Å². The minimum absolute atomic E-state index is 0.0330. The van der Waals surface area contributed by atoms with Gasteiger partial charge in [0, 0.05) is 20.9 Å². The van der Waals surface area contributed by atoms with Crippen LogP contribution in [0.1, 0.15) is 32.1 Å². The average molecular weight is 356 g/mol. The molecular formula is C15H24N2O6Si. The topological polar surface area (TPSA) is 102 Å². The molecule has 0 aromatic heterocycles. The molecule has 24 heavy (non-hydrogen) atoms. The normalized spacial score (nSPS) is 19.7. The molecule has 2 rings (SSSR count). The van der Waals surface area contributed by atoms with Gasteiger partial charge in [0.2, 0.25) is 0 Å². The highest BCUT2D eigenvalue weighted by Crippen LogP contribution is 2.34. The van der Waals surface area contributed by atoms with Gasteiger partial charge in [0.25, 0.3) is 11.8 Å². The molecule has 1 heterocycles. The molecule has 0 aromatic rings. The van der Waals surface area contributed by atoms with Gasteiger partial charge in [-0.2, -0.15) is 0 Å². The first-order chi connectivity index (χ1) is 11.1. The van der Waals surface area contributed by atoms with Crippen molar-refractivity contribution >= 4 is 32.0 Å². The molecular weight excluding hydrogens is 332 g/mol. The van der Waals surface area contributed by atoms with Crippen molar-refractivity contribution in [1.82, 2.24) is 10.4 Å². The smallest absolute Gasteiger partial charge is 0.408 e. The fraction of sp³-hybridized carbons (Fsp3) is 0.733. The van der Waals surface area contributed by atoms with Gasteiger partial charge in [-0.15, -0.1) is 5.06 Å². The Labute approximate surface area is 141 Å². The molecule has 0 radical (unpaired) electrons. The number of hydrogen-bond acceptors (Lipinski definition) is 6. The lowest BCUT2D eigenvalue weighted by atomic mass is 9.77. The quantitative estimate of drug-likeness (QED) is 0.573. The largest absolute Gasteiger partial charge is 0.450 e. The molecule has 0 aromatic carbocycles. The first kappa shape index (κ1) is 18.4. The van der Waals surface area contributed by atoms with Crippen molar-refractivity contribution in [2.24, 2.45) is 0 Å². The third-order valence-electron chi connectivity index (χ3n) is 4.20. The number of ether oxygens (including phenoxy) is 1. The van der Waals surface area contributed by atoms with Crippen LogP contribution in [0.2, 0.25) is 25.7 Å². The maximum Gasteiger partial charge on any atom is 0.408 e. The predicted octanol–water partition coefficient (Wildman–Crippen LogP) is 1.58. The van der Waals surface area contributed by atoms with Crippen molar-refractivity contribution in [3.63, 3.8) is 0 Å². The van der Waals surface area contributed by atoms with Gasteiger partial charge >= 0.3 is 12.1 Å². The molecule has 0 unspecified atom stereocenters. The monoisotopic (exact) mass is 356 g/mol. The van der Waals surface area contributed by atoms with E-state index in [0.29, 0.717) is 24.5 Å². The number of amides is 3. The van der Waals surface area contributed by atoms with Crippen molar-refractivity contribution < 1.29 is 28.8 Å². The van der Waals surface area contributed by atoms with E-state index in [0.717, 1.165) is 12.5 Å². The van der Waals surface area contributed by atoms with Crippen LogP contribution in [0.3, 0.4) is 0 Å². The number of nitrogens with zero attached hydrogens (tertiary/aromatic N) is 1. The fourth-order valence-electron chi connectivity index (χ4n) is 2.42. The second-order valence-electron chi connectivity index (χ2n) is 7.47. The zero-order valence-corrected chi connectivity index (χ0v) is 15.3. The summed E-state index contributed by atoms with van der Waals surface area (Å²) in [5, 5.41) is 3.05. The van der Waals surface area contributed by atoms with E-state index in [2.05, 4.69) is 25.0 Å². The SMILES string of the molecule is C[Si](C)(C)CCOC(=O)NC1(C(=O)ON2C(=O)CCC2=O)CCC1. The molecule has 8 nitrogen and oxygen atoms in total. The van der Waals surface area contributed by atoms with Crippen molar-refractivity contribution in [2.75, 3.05) is 6.61 Å². The third-order valence-corrected chi connectivity index (χ3v) is 5.91. The van der Waals surface area contributed by atoms with Crippen LogP contribution in [0.15, 0.2) is 0 Å². The summed E-state index contributed by atoms with van der Waals surface area (Å²) in [4.78, 5) is 52.3. The summed E-state index contributed by atoms with van der Waals surface area (Å²) in [6.07, 6.45) is 0.919. The molecule has 3 amide bonds. The molecule has 1 aliphatic carbocycles. The van der Waals surface area contributed by atoms with Crippen molar-refractivity contribution in [1.29, 1.82) is 0 Å². The van der Waals surface area contributed by atoms with Crippen LogP contribution in [0.5, 0.6) is 0 Å². The molecule has 1 saturated carbocycles. The molecule has 0 atom stereocenters. The van der Waals surface area contributed by atoms with Gasteiger partial charge < -0.3 is 14.9 Å². The van der Waals surface area contributed by atoms with Crippen LogP contribution in [0.4, 0.5) is 4.79 Å². The van der Waals surface area contributed by atoms with Crippen LogP contribution in [-0.4, -0.2) is 49.2 Å². The maximum absolute atomic E-state index is 12.3. The Balaban J connectivity index is 1.88. The van der Waals surface area contributed by atoms with Gasteiger partial charge in [-0.05, 0) is 25.3 Å². The van der Waals surface area contributed by atoms with Crippen LogP contribution in [0.25, 0.3) is 0 Å². The summed E-state index contributed by atoms with van der Waals surface area (Å²) in [6.45, 7) is 6.81. The number of hydroxylamine groups is 2. The standard InChI is InChI=1S/C15H24N2O6Si/c1-24(2,3)10-9-22-14(21)16-15(7-4-8-15)13(20)23-17-11(18)5-6-12(17)19/h4-10H2,1-3H3,(H,16,21). The minimum Gasteiger partial charge on any atom is -0.450 e. The van der Waals surface area contributed by atoms with Gasteiger partial charge in [0.05, 0.1) is 6.61 Å².